The van der Waals surface area contributed by atoms with Crippen LogP contribution in [0.1, 0.15) is 25.1 Å². The molecule has 0 fully saturated rings. The third-order valence-electron chi connectivity index (χ3n) is 2.00. The van der Waals surface area contributed by atoms with Crippen LogP contribution in [0.25, 0.3) is 0 Å². The van der Waals surface area contributed by atoms with Gasteiger partial charge in [0.15, 0.2) is 0 Å². The largest absolute Gasteiger partial charge is 0.368 e. The molecule has 1 rings (SSSR count). The highest BCUT2D eigenvalue weighted by Crippen LogP contribution is 2.10. The van der Waals surface area contributed by atoms with Crippen LogP contribution < -0.4 is 10.6 Å². The van der Waals surface area contributed by atoms with E-state index in [1.165, 1.54) is 5.56 Å². The highest BCUT2D eigenvalue weighted by molar-refractivity contribution is 5.39. The third-order valence-corrected chi connectivity index (χ3v) is 2.00. The highest BCUT2D eigenvalue weighted by atomic mass is 15.0. The lowest BCUT2D eigenvalue weighted by Crippen LogP contribution is -2.13. The molecule has 2 N–H and O–H groups in total. The molecule has 14 heavy (non-hydrogen) atoms. The summed E-state index contributed by atoms with van der Waals surface area (Å²) in [5, 5.41) is 6.41. The fourth-order valence-corrected chi connectivity index (χ4v) is 1.34. The molecular weight excluding hydrogens is 174 g/mol. The van der Waals surface area contributed by atoms with Gasteiger partial charge in [-0.3, -0.25) is 0 Å². The minimum atomic E-state index is 0.428. The zero-order chi connectivity index (χ0) is 10.6. The molecule has 0 aromatic carbocycles. The van der Waals surface area contributed by atoms with Gasteiger partial charge in [-0.1, -0.05) is 6.07 Å². The van der Waals surface area contributed by atoms with Crippen molar-refractivity contribution in [1.82, 2.24) is 10.3 Å². The van der Waals surface area contributed by atoms with Crippen LogP contribution in [0, 0.1) is 6.92 Å². The van der Waals surface area contributed by atoms with Crippen LogP contribution in [0.2, 0.25) is 0 Å². The molecule has 0 bridgehead atoms. The Bertz CT molecular complexity index is 295. The van der Waals surface area contributed by atoms with E-state index in [0.29, 0.717) is 6.04 Å². The summed E-state index contributed by atoms with van der Waals surface area (Å²) in [7, 11) is 1.94. The van der Waals surface area contributed by atoms with Crippen LogP contribution in [0.5, 0.6) is 0 Å². The number of rotatable bonds is 4. The van der Waals surface area contributed by atoms with E-state index in [-0.39, 0.29) is 0 Å². The Balaban J connectivity index is 2.78. The average molecular weight is 193 g/mol. The Hall–Kier alpha value is -1.09. The standard InChI is InChI=1S/C11H19N3/c1-8(2)13-11-6-5-10(7-12-4)9(3)14-11/h5-6,8,12H,7H2,1-4H3,(H,13,14). The first-order valence-corrected chi connectivity index (χ1v) is 5.01. The molecule has 1 heterocycles. The summed E-state index contributed by atoms with van der Waals surface area (Å²) in [6.07, 6.45) is 0. The van der Waals surface area contributed by atoms with Gasteiger partial charge in [0.25, 0.3) is 0 Å². The molecule has 0 unspecified atom stereocenters. The molecule has 0 spiro atoms. The summed E-state index contributed by atoms with van der Waals surface area (Å²) < 4.78 is 0. The van der Waals surface area contributed by atoms with Gasteiger partial charge in [0.05, 0.1) is 0 Å². The summed E-state index contributed by atoms with van der Waals surface area (Å²) >= 11 is 0. The summed E-state index contributed by atoms with van der Waals surface area (Å²) in [6.45, 7) is 7.13. The van der Waals surface area contributed by atoms with Gasteiger partial charge in [0, 0.05) is 18.3 Å². The monoisotopic (exact) mass is 193 g/mol. The van der Waals surface area contributed by atoms with E-state index in [2.05, 4.69) is 35.5 Å². The van der Waals surface area contributed by atoms with Crippen LogP contribution in [-0.2, 0) is 6.54 Å². The summed E-state index contributed by atoms with van der Waals surface area (Å²) in [6, 6.07) is 4.57. The van der Waals surface area contributed by atoms with Crippen molar-refractivity contribution < 1.29 is 0 Å². The molecule has 0 aliphatic carbocycles. The van der Waals surface area contributed by atoms with E-state index >= 15 is 0 Å². The maximum atomic E-state index is 4.48. The van der Waals surface area contributed by atoms with Crippen molar-refractivity contribution in [3.63, 3.8) is 0 Å². The zero-order valence-electron chi connectivity index (χ0n) is 9.39. The molecule has 0 saturated carbocycles. The second kappa shape index (κ2) is 4.96. The molecule has 0 radical (unpaired) electrons. The van der Waals surface area contributed by atoms with Crippen molar-refractivity contribution in [1.29, 1.82) is 0 Å². The summed E-state index contributed by atoms with van der Waals surface area (Å²) in [5.74, 6) is 0.956. The van der Waals surface area contributed by atoms with Crippen LogP contribution in [-0.4, -0.2) is 18.1 Å². The second-order valence-electron chi connectivity index (χ2n) is 3.77. The molecule has 0 saturated heterocycles. The van der Waals surface area contributed by atoms with E-state index in [4.69, 9.17) is 0 Å². The van der Waals surface area contributed by atoms with E-state index < -0.39 is 0 Å². The lowest BCUT2D eigenvalue weighted by atomic mass is 10.2. The maximum absolute atomic E-state index is 4.48. The molecule has 78 valence electrons. The number of pyridine rings is 1. The van der Waals surface area contributed by atoms with Gasteiger partial charge in [0.2, 0.25) is 0 Å². The number of nitrogens with one attached hydrogen (secondary N) is 2. The zero-order valence-corrected chi connectivity index (χ0v) is 9.39. The Kier molecular flexibility index (Phi) is 3.89. The van der Waals surface area contributed by atoms with Gasteiger partial charge in [0.1, 0.15) is 5.82 Å². The Labute approximate surface area is 85.9 Å². The Morgan fingerprint density at radius 1 is 1.36 bits per heavy atom. The smallest absolute Gasteiger partial charge is 0.126 e. The van der Waals surface area contributed by atoms with Crippen molar-refractivity contribution in [2.75, 3.05) is 12.4 Å². The number of aromatic nitrogens is 1. The fourth-order valence-electron chi connectivity index (χ4n) is 1.34. The van der Waals surface area contributed by atoms with Crippen molar-refractivity contribution in [2.45, 2.75) is 33.4 Å². The second-order valence-corrected chi connectivity index (χ2v) is 3.77. The molecule has 0 aliphatic heterocycles. The molecule has 3 heteroatoms. The lowest BCUT2D eigenvalue weighted by Gasteiger charge is -2.11. The highest BCUT2D eigenvalue weighted by Gasteiger charge is 2.01. The van der Waals surface area contributed by atoms with E-state index in [0.717, 1.165) is 18.1 Å². The molecular formula is C11H19N3. The summed E-state index contributed by atoms with van der Waals surface area (Å²) in [5.41, 5.74) is 2.34. The van der Waals surface area contributed by atoms with E-state index in [1.807, 2.05) is 20.0 Å². The third kappa shape index (κ3) is 3.00. The molecule has 1 aromatic heterocycles. The minimum absolute atomic E-state index is 0.428. The number of hydrogen-bond acceptors (Lipinski definition) is 3. The molecule has 1 aromatic rings. The van der Waals surface area contributed by atoms with Gasteiger partial charge in [-0.2, -0.15) is 0 Å². The predicted molar refractivity (Wildman–Crippen MR) is 60.5 cm³/mol. The van der Waals surface area contributed by atoms with Gasteiger partial charge in [-0.15, -0.1) is 0 Å². The van der Waals surface area contributed by atoms with Crippen molar-refractivity contribution in [3.05, 3.63) is 23.4 Å². The van der Waals surface area contributed by atoms with Crippen LogP contribution >= 0.6 is 0 Å². The van der Waals surface area contributed by atoms with Crippen LogP contribution in [0.15, 0.2) is 12.1 Å². The van der Waals surface area contributed by atoms with Crippen LogP contribution in [0.4, 0.5) is 5.82 Å². The van der Waals surface area contributed by atoms with E-state index in [1.54, 1.807) is 0 Å². The first-order chi connectivity index (χ1) is 6.63. The number of hydrogen-bond donors (Lipinski definition) is 2. The number of aryl methyl sites for hydroxylation is 1. The number of anilines is 1. The van der Waals surface area contributed by atoms with Gasteiger partial charge in [-0.25, -0.2) is 4.98 Å². The quantitative estimate of drug-likeness (QED) is 0.767. The van der Waals surface area contributed by atoms with Gasteiger partial charge >= 0.3 is 0 Å². The normalized spacial score (nSPS) is 10.6. The molecule has 0 aliphatic rings. The maximum Gasteiger partial charge on any atom is 0.126 e. The summed E-state index contributed by atoms with van der Waals surface area (Å²) in [4.78, 5) is 4.48. The van der Waals surface area contributed by atoms with Crippen LogP contribution in [0.3, 0.4) is 0 Å². The average Bonchev–Trinajstić information content (AvgIpc) is 2.09. The molecule has 0 amide bonds. The van der Waals surface area contributed by atoms with Crippen molar-refractivity contribution >= 4 is 5.82 Å². The predicted octanol–water partition coefficient (Wildman–Crippen LogP) is 1.93. The van der Waals surface area contributed by atoms with Gasteiger partial charge < -0.3 is 10.6 Å². The topological polar surface area (TPSA) is 37.0 Å². The Morgan fingerprint density at radius 2 is 2.07 bits per heavy atom. The fraction of sp³-hybridized carbons (Fsp3) is 0.545. The Morgan fingerprint density at radius 3 is 2.57 bits per heavy atom. The SMILES string of the molecule is CNCc1ccc(NC(C)C)nc1C. The van der Waals surface area contributed by atoms with Crippen molar-refractivity contribution in [3.8, 4) is 0 Å². The van der Waals surface area contributed by atoms with Gasteiger partial charge in [-0.05, 0) is 39.4 Å². The van der Waals surface area contributed by atoms with Crippen molar-refractivity contribution in [2.24, 2.45) is 0 Å². The van der Waals surface area contributed by atoms with E-state index in [9.17, 15) is 0 Å². The molecule has 0 atom stereocenters. The lowest BCUT2D eigenvalue weighted by molar-refractivity contribution is 0.802. The number of nitrogens with zero attached hydrogens (tertiary/aromatic N) is 1. The minimum Gasteiger partial charge on any atom is -0.368 e. The molecule has 3 nitrogen and oxygen atoms in total. The first kappa shape index (κ1) is 11.0. The first-order valence-electron chi connectivity index (χ1n) is 5.01.